The minimum Gasteiger partial charge on any atom is -0.485 e. The summed E-state index contributed by atoms with van der Waals surface area (Å²) in [5.41, 5.74) is 1.62. The van der Waals surface area contributed by atoms with Gasteiger partial charge in [0, 0.05) is 36.9 Å². The Balaban J connectivity index is 1.32. The highest BCUT2D eigenvalue weighted by molar-refractivity contribution is 6.31. The minimum atomic E-state index is -0.667. The molecular formula is C21H22ClN3O4. The van der Waals surface area contributed by atoms with E-state index in [4.69, 9.17) is 21.1 Å². The van der Waals surface area contributed by atoms with E-state index in [1.54, 1.807) is 28.0 Å². The maximum atomic E-state index is 12.8. The van der Waals surface area contributed by atoms with Gasteiger partial charge in [0.25, 0.3) is 5.91 Å². The predicted octanol–water partition coefficient (Wildman–Crippen LogP) is 3.16. The number of ether oxygens (including phenoxy) is 2. The Morgan fingerprint density at radius 1 is 1.03 bits per heavy atom. The smallest absolute Gasteiger partial charge is 0.321 e. The normalized spacial score (nSPS) is 18.3. The van der Waals surface area contributed by atoms with Crippen molar-refractivity contribution in [2.24, 2.45) is 0 Å². The van der Waals surface area contributed by atoms with Gasteiger partial charge >= 0.3 is 6.03 Å². The largest absolute Gasteiger partial charge is 0.485 e. The molecule has 2 aliphatic rings. The molecule has 152 valence electrons. The van der Waals surface area contributed by atoms with Gasteiger partial charge in [-0.1, -0.05) is 29.8 Å². The number of amides is 3. The zero-order valence-electron chi connectivity index (χ0n) is 16.1. The number of fused-ring (bicyclic) bond motifs is 1. The highest BCUT2D eigenvalue weighted by Gasteiger charge is 2.33. The van der Waals surface area contributed by atoms with Gasteiger partial charge in [0.15, 0.2) is 11.5 Å². The van der Waals surface area contributed by atoms with Crippen molar-refractivity contribution < 1.29 is 19.1 Å². The number of rotatable bonds is 2. The van der Waals surface area contributed by atoms with Gasteiger partial charge in [0.1, 0.15) is 6.61 Å². The molecule has 3 amide bonds. The minimum absolute atomic E-state index is 0.120. The Morgan fingerprint density at radius 3 is 2.48 bits per heavy atom. The van der Waals surface area contributed by atoms with Crippen molar-refractivity contribution in [3.05, 3.63) is 53.1 Å². The van der Waals surface area contributed by atoms with Crippen LogP contribution in [0.1, 0.15) is 5.56 Å². The van der Waals surface area contributed by atoms with E-state index in [1.807, 2.05) is 31.2 Å². The van der Waals surface area contributed by atoms with Gasteiger partial charge in [-0.15, -0.1) is 0 Å². The van der Waals surface area contributed by atoms with E-state index in [2.05, 4.69) is 5.32 Å². The fourth-order valence-electron chi connectivity index (χ4n) is 3.40. The van der Waals surface area contributed by atoms with Crippen LogP contribution < -0.4 is 14.8 Å². The number of nitrogens with one attached hydrogen (secondary N) is 1. The van der Waals surface area contributed by atoms with E-state index in [0.717, 1.165) is 5.56 Å². The lowest BCUT2D eigenvalue weighted by Gasteiger charge is -2.37. The first-order chi connectivity index (χ1) is 14.0. The highest BCUT2D eigenvalue weighted by Crippen LogP contribution is 2.31. The van der Waals surface area contributed by atoms with E-state index >= 15 is 0 Å². The summed E-state index contributed by atoms with van der Waals surface area (Å²) in [7, 11) is 0. The number of carbonyl (C=O) groups is 2. The van der Waals surface area contributed by atoms with Crippen LogP contribution in [0.15, 0.2) is 42.5 Å². The second-order valence-corrected chi connectivity index (χ2v) is 7.50. The molecule has 0 saturated carbocycles. The van der Waals surface area contributed by atoms with Crippen molar-refractivity contribution in [1.29, 1.82) is 0 Å². The number of aryl methyl sites for hydroxylation is 1. The number of para-hydroxylation sites is 2. The van der Waals surface area contributed by atoms with E-state index in [-0.39, 0.29) is 18.5 Å². The fraction of sp³-hybridized carbons (Fsp3) is 0.333. The number of piperazine rings is 1. The predicted molar refractivity (Wildman–Crippen MR) is 110 cm³/mol. The van der Waals surface area contributed by atoms with Gasteiger partial charge in [-0.05, 0) is 36.8 Å². The Hall–Kier alpha value is -2.93. The molecule has 0 aromatic heterocycles. The second kappa shape index (κ2) is 8.21. The Morgan fingerprint density at radius 2 is 1.72 bits per heavy atom. The summed E-state index contributed by atoms with van der Waals surface area (Å²) in [5, 5.41) is 3.46. The molecule has 2 aliphatic heterocycles. The maximum Gasteiger partial charge on any atom is 0.321 e. The third kappa shape index (κ3) is 4.24. The van der Waals surface area contributed by atoms with Crippen molar-refractivity contribution in [1.82, 2.24) is 9.80 Å². The summed E-state index contributed by atoms with van der Waals surface area (Å²) in [5.74, 6) is 1.10. The van der Waals surface area contributed by atoms with Crippen LogP contribution in [0.5, 0.6) is 11.5 Å². The molecule has 8 heteroatoms. The van der Waals surface area contributed by atoms with Gasteiger partial charge in [-0.3, -0.25) is 4.79 Å². The molecule has 1 N–H and O–H groups in total. The van der Waals surface area contributed by atoms with Crippen LogP contribution in [0, 0.1) is 6.92 Å². The molecule has 1 fully saturated rings. The molecule has 0 bridgehead atoms. The first-order valence-corrected chi connectivity index (χ1v) is 9.88. The third-order valence-corrected chi connectivity index (χ3v) is 5.34. The average molecular weight is 416 g/mol. The molecule has 2 heterocycles. The van der Waals surface area contributed by atoms with Crippen molar-refractivity contribution >= 4 is 29.2 Å². The Bertz CT molecular complexity index is 928. The van der Waals surface area contributed by atoms with Crippen LogP contribution in [-0.4, -0.2) is 60.6 Å². The van der Waals surface area contributed by atoms with Crippen LogP contribution in [-0.2, 0) is 4.79 Å². The molecule has 2 aromatic carbocycles. The van der Waals surface area contributed by atoms with Crippen molar-refractivity contribution in [2.45, 2.75) is 13.0 Å². The van der Waals surface area contributed by atoms with Gasteiger partial charge in [-0.2, -0.15) is 0 Å². The summed E-state index contributed by atoms with van der Waals surface area (Å²) in [4.78, 5) is 28.8. The van der Waals surface area contributed by atoms with Gasteiger partial charge in [0.2, 0.25) is 6.10 Å². The summed E-state index contributed by atoms with van der Waals surface area (Å²) in [6.07, 6.45) is -0.667. The van der Waals surface area contributed by atoms with Crippen molar-refractivity contribution in [3.63, 3.8) is 0 Å². The van der Waals surface area contributed by atoms with E-state index in [0.29, 0.717) is 48.4 Å². The van der Waals surface area contributed by atoms with Crippen LogP contribution in [0.25, 0.3) is 0 Å². The lowest BCUT2D eigenvalue weighted by Crippen LogP contribution is -2.55. The first-order valence-electron chi connectivity index (χ1n) is 9.50. The molecule has 29 heavy (non-hydrogen) atoms. The Kier molecular flexibility index (Phi) is 5.49. The van der Waals surface area contributed by atoms with Gasteiger partial charge in [-0.25, -0.2) is 4.79 Å². The van der Waals surface area contributed by atoms with Gasteiger partial charge in [0.05, 0.1) is 0 Å². The van der Waals surface area contributed by atoms with E-state index in [1.165, 1.54) is 0 Å². The van der Waals surface area contributed by atoms with Crippen molar-refractivity contribution in [2.75, 3.05) is 38.1 Å². The second-order valence-electron chi connectivity index (χ2n) is 7.07. The third-order valence-electron chi connectivity index (χ3n) is 5.10. The van der Waals surface area contributed by atoms with Crippen LogP contribution in [0.3, 0.4) is 0 Å². The topological polar surface area (TPSA) is 71.1 Å². The molecule has 4 rings (SSSR count). The molecule has 0 radical (unpaired) electrons. The number of urea groups is 1. The summed E-state index contributed by atoms with van der Waals surface area (Å²) >= 11 is 6.01. The first kappa shape index (κ1) is 19.4. The van der Waals surface area contributed by atoms with E-state index in [9.17, 15) is 9.59 Å². The van der Waals surface area contributed by atoms with Crippen LogP contribution >= 0.6 is 11.6 Å². The number of halogens is 1. The zero-order valence-corrected chi connectivity index (χ0v) is 16.8. The summed E-state index contributed by atoms with van der Waals surface area (Å²) < 4.78 is 11.4. The number of carbonyl (C=O) groups excluding carboxylic acids is 2. The molecule has 1 unspecified atom stereocenters. The summed E-state index contributed by atoms with van der Waals surface area (Å²) in [6.45, 7) is 3.88. The number of anilines is 1. The average Bonchev–Trinajstić information content (AvgIpc) is 2.75. The van der Waals surface area contributed by atoms with Gasteiger partial charge < -0.3 is 24.6 Å². The standard InChI is InChI=1S/C21H22ClN3O4/c1-14-6-7-15(22)12-16(14)23-21(27)25-10-8-24(9-11-25)20(26)19-13-28-17-4-2-3-5-18(17)29-19/h2-7,12,19H,8-11,13H2,1H3,(H,23,27). The number of hydrogen-bond acceptors (Lipinski definition) is 4. The lowest BCUT2D eigenvalue weighted by atomic mass is 10.2. The number of benzene rings is 2. The zero-order chi connectivity index (χ0) is 20.4. The molecular weight excluding hydrogens is 394 g/mol. The monoisotopic (exact) mass is 415 g/mol. The quantitative estimate of drug-likeness (QED) is 0.817. The maximum absolute atomic E-state index is 12.8. The highest BCUT2D eigenvalue weighted by atomic mass is 35.5. The summed E-state index contributed by atoms with van der Waals surface area (Å²) in [6, 6.07) is 12.5. The molecule has 0 spiro atoms. The van der Waals surface area contributed by atoms with E-state index < -0.39 is 6.10 Å². The molecule has 0 aliphatic carbocycles. The Labute approximate surface area is 174 Å². The van der Waals surface area contributed by atoms with Crippen LogP contribution in [0.2, 0.25) is 5.02 Å². The molecule has 1 saturated heterocycles. The van der Waals surface area contributed by atoms with Crippen molar-refractivity contribution in [3.8, 4) is 11.5 Å². The molecule has 7 nitrogen and oxygen atoms in total. The number of hydrogen-bond donors (Lipinski definition) is 1. The van der Waals surface area contributed by atoms with Crippen LogP contribution in [0.4, 0.5) is 10.5 Å². The number of nitrogens with zero attached hydrogens (tertiary/aromatic N) is 2. The molecule has 2 aromatic rings. The fourth-order valence-corrected chi connectivity index (χ4v) is 3.57. The SMILES string of the molecule is Cc1ccc(Cl)cc1NC(=O)N1CCN(C(=O)C2COc3ccccc3O2)CC1. The lowest BCUT2D eigenvalue weighted by molar-refractivity contribution is -0.142. The molecule has 1 atom stereocenters.